The van der Waals surface area contributed by atoms with Crippen LogP contribution in [0.2, 0.25) is 0 Å². The number of hydrogen-bond acceptors (Lipinski definition) is 6. The van der Waals surface area contributed by atoms with Gasteiger partial charge >= 0.3 is 6.01 Å². The molecule has 2 aromatic heterocycles. The summed E-state index contributed by atoms with van der Waals surface area (Å²) in [5.41, 5.74) is 1.10. The van der Waals surface area contributed by atoms with Crippen LogP contribution < -0.4 is 4.90 Å². The number of pyridine rings is 1. The predicted octanol–water partition coefficient (Wildman–Crippen LogP) is 2.60. The van der Waals surface area contributed by atoms with E-state index >= 15 is 0 Å². The molecule has 1 atom stereocenters. The molecule has 1 saturated heterocycles. The zero-order valence-electron chi connectivity index (χ0n) is 12.9. The maximum absolute atomic E-state index is 6.00. The van der Waals surface area contributed by atoms with Gasteiger partial charge in [0, 0.05) is 31.9 Å². The first-order valence-corrected chi connectivity index (χ1v) is 7.93. The first-order chi connectivity index (χ1) is 10.8. The molecule has 0 radical (unpaired) electrons. The van der Waals surface area contributed by atoms with Crippen molar-refractivity contribution in [2.75, 3.05) is 18.0 Å². The average molecular weight is 302 g/mol. The summed E-state index contributed by atoms with van der Waals surface area (Å²) in [4.78, 5) is 6.24. The Morgan fingerprint density at radius 3 is 3.18 bits per heavy atom. The van der Waals surface area contributed by atoms with Gasteiger partial charge in [-0.25, -0.2) is 0 Å². The molecule has 22 heavy (non-hydrogen) atoms. The summed E-state index contributed by atoms with van der Waals surface area (Å²) in [6.07, 6.45) is 7.79. The van der Waals surface area contributed by atoms with Crippen molar-refractivity contribution in [2.45, 2.75) is 45.3 Å². The highest BCUT2D eigenvalue weighted by atomic mass is 16.5. The second kappa shape index (κ2) is 7.35. The summed E-state index contributed by atoms with van der Waals surface area (Å²) in [7, 11) is 0. The predicted molar refractivity (Wildman–Crippen MR) is 82.6 cm³/mol. The van der Waals surface area contributed by atoms with Crippen molar-refractivity contribution in [3.8, 4) is 0 Å². The molecule has 118 valence electrons. The van der Waals surface area contributed by atoms with Gasteiger partial charge in [-0.05, 0) is 30.9 Å². The molecule has 0 unspecified atom stereocenters. The van der Waals surface area contributed by atoms with Gasteiger partial charge in [-0.3, -0.25) is 4.98 Å². The number of aryl methyl sites for hydroxylation is 1. The molecule has 1 aliphatic rings. The number of rotatable bonds is 6. The number of ether oxygens (including phenoxy) is 1. The Kier molecular flexibility index (Phi) is 5.00. The van der Waals surface area contributed by atoms with E-state index in [9.17, 15) is 0 Å². The lowest BCUT2D eigenvalue weighted by Gasteiger charge is -2.31. The van der Waals surface area contributed by atoms with Crippen LogP contribution >= 0.6 is 0 Å². The van der Waals surface area contributed by atoms with E-state index < -0.39 is 0 Å². The molecule has 6 heteroatoms. The van der Waals surface area contributed by atoms with Gasteiger partial charge in [0.2, 0.25) is 5.89 Å². The molecule has 1 aliphatic heterocycles. The molecular formula is C16H22N4O2. The zero-order chi connectivity index (χ0) is 15.2. The van der Waals surface area contributed by atoms with Crippen molar-refractivity contribution in [3.63, 3.8) is 0 Å². The van der Waals surface area contributed by atoms with E-state index in [0.29, 0.717) is 12.6 Å². The van der Waals surface area contributed by atoms with E-state index in [1.54, 1.807) is 6.20 Å². The molecule has 0 spiro atoms. The number of aromatic nitrogens is 3. The maximum Gasteiger partial charge on any atom is 0.318 e. The fourth-order valence-electron chi connectivity index (χ4n) is 2.63. The van der Waals surface area contributed by atoms with E-state index in [1.807, 2.05) is 18.3 Å². The van der Waals surface area contributed by atoms with Crippen molar-refractivity contribution < 1.29 is 9.15 Å². The summed E-state index contributed by atoms with van der Waals surface area (Å²) >= 11 is 0. The van der Waals surface area contributed by atoms with Crippen molar-refractivity contribution >= 4 is 6.01 Å². The minimum Gasteiger partial charge on any atom is -0.408 e. The quantitative estimate of drug-likeness (QED) is 0.817. The van der Waals surface area contributed by atoms with E-state index in [1.165, 1.54) is 0 Å². The van der Waals surface area contributed by atoms with Crippen LogP contribution in [0.1, 0.15) is 37.6 Å². The summed E-state index contributed by atoms with van der Waals surface area (Å²) in [5.74, 6) is 0.718. The van der Waals surface area contributed by atoms with E-state index in [4.69, 9.17) is 9.15 Å². The van der Waals surface area contributed by atoms with E-state index in [-0.39, 0.29) is 6.10 Å². The molecule has 0 N–H and O–H groups in total. The minimum atomic E-state index is 0.190. The lowest BCUT2D eigenvalue weighted by atomic mass is 10.1. The number of hydrogen-bond donors (Lipinski definition) is 0. The highest BCUT2D eigenvalue weighted by Crippen LogP contribution is 2.21. The molecule has 2 aromatic rings. The first-order valence-electron chi connectivity index (χ1n) is 7.93. The molecule has 0 aromatic carbocycles. The van der Waals surface area contributed by atoms with Crippen LogP contribution in [0.15, 0.2) is 28.9 Å². The van der Waals surface area contributed by atoms with Crippen molar-refractivity contribution in [1.29, 1.82) is 0 Å². The average Bonchev–Trinajstić information content (AvgIpc) is 3.03. The van der Waals surface area contributed by atoms with Crippen LogP contribution in [0.5, 0.6) is 0 Å². The summed E-state index contributed by atoms with van der Waals surface area (Å²) in [6, 6.07) is 4.58. The monoisotopic (exact) mass is 302 g/mol. The molecule has 0 aliphatic carbocycles. The Hall–Kier alpha value is -1.95. The van der Waals surface area contributed by atoms with Gasteiger partial charge in [0.25, 0.3) is 0 Å². The van der Waals surface area contributed by atoms with Gasteiger partial charge in [-0.2, -0.15) is 0 Å². The van der Waals surface area contributed by atoms with Gasteiger partial charge in [-0.1, -0.05) is 18.1 Å². The molecule has 3 rings (SSSR count). The van der Waals surface area contributed by atoms with Crippen LogP contribution in [0.3, 0.4) is 0 Å². The lowest BCUT2D eigenvalue weighted by molar-refractivity contribution is 0.0305. The van der Waals surface area contributed by atoms with Gasteiger partial charge in [0.1, 0.15) is 0 Å². The van der Waals surface area contributed by atoms with Gasteiger partial charge in [-0.15, -0.1) is 5.10 Å². The third-order valence-electron chi connectivity index (χ3n) is 3.78. The molecule has 0 amide bonds. The molecular weight excluding hydrogens is 280 g/mol. The Morgan fingerprint density at radius 1 is 1.41 bits per heavy atom. The second-order valence-electron chi connectivity index (χ2n) is 5.61. The van der Waals surface area contributed by atoms with Crippen LogP contribution in [-0.4, -0.2) is 34.4 Å². The highest BCUT2D eigenvalue weighted by molar-refractivity contribution is 5.25. The normalized spacial score (nSPS) is 18.6. The van der Waals surface area contributed by atoms with Crippen molar-refractivity contribution in [1.82, 2.24) is 15.2 Å². The Morgan fingerprint density at radius 2 is 2.36 bits per heavy atom. The van der Waals surface area contributed by atoms with Crippen LogP contribution in [0, 0.1) is 0 Å². The largest absolute Gasteiger partial charge is 0.408 e. The zero-order valence-corrected chi connectivity index (χ0v) is 12.9. The fraction of sp³-hybridized carbons (Fsp3) is 0.562. The van der Waals surface area contributed by atoms with Crippen molar-refractivity contribution in [2.24, 2.45) is 0 Å². The minimum absolute atomic E-state index is 0.190. The fourth-order valence-corrected chi connectivity index (χ4v) is 2.63. The molecule has 6 nitrogen and oxygen atoms in total. The summed E-state index contributed by atoms with van der Waals surface area (Å²) in [5, 5.41) is 8.25. The number of piperidine rings is 1. The SMILES string of the molecule is CCCc1nnc(N2CCC[C@@H](OCc3cccnc3)C2)o1. The maximum atomic E-state index is 6.00. The highest BCUT2D eigenvalue weighted by Gasteiger charge is 2.24. The summed E-state index contributed by atoms with van der Waals surface area (Å²) < 4.78 is 11.7. The van der Waals surface area contributed by atoms with Crippen molar-refractivity contribution in [3.05, 3.63) is 36.0 Å². The Bertz CT molecular complexity index is 573. The molecule has 0 saturated carbocycles. The standard InChI is InChI=1S/C16H22N4O2/c1-2-5-15-18-19-16(22-15)20-9-4-7-14(11-20)21-12-13-6-3-8-17-10-13/h3,6,8,10,14H,2,4-5,7,9,11-12H2,1H3/t14-/m1/s1. The lowest BCUT2D eigenvalue weighted by Crippen LogP contribution is -2.39. The van der Waals surface area contributed by atoms with E-state index in [2.05, 4.69) is 27.0 Å². The Balaban J connectivity index is 1.54. The number of nitrogens with zero attached hydrogens (tertiary/aromatic N) is 4. The third kappa shape index (κ3) is 3.82. The van der Waals surface area contributed by atoms with Gasteiger partial charge < -0.3 is 14.1 Å². The topological polar surface area (TPSA) is 64.3 Å². The smallest absolute Gasteiger partial charge is 0.318 e. The molecule has 1 fully saturated rings. The molecule has 0 bridgehead atoms. The Labute approximate surface area is 130 Å². The van der Waals surface area contributed by atoms with E-state index in [0.717, 1.165) is 50.2 Å². The van der Waals surface area contributed by atoms with Gasteiger partial charge in [0.05, 0.1) is 12.7 Å². The summed E-state index contributed by atoms with van der Waals surface area (Å²) in [6.45, 7) is 4.44. The van der Waals surface area contributed by atoms with Crippen LogP contribution in [0.4, 0.5) is 6.01 Å². The third-order valence-corrected chi connectivity index (χ3v) is 3.78. The first kappa shape index (κ1) is 15.0. The number of anilines is 1. The van der Waals surface area contributed by atoms with Gasteiger partial charge in [0.15, 0.2) is 0 Å². The molecule has 3 heterocycles. The van der Waals surface area contributed by atoms with Crippen LogP contribution in [0.25, 0.3) is 0 Å². The van der Waals surface area contributed by atoms with Crippen LogP contribution in [-0.2, 0) is 17.8 Å². The second-order valence-corrected chi connectivity index (χ2v) is 5.61.